The Morgan fingerprint density at radius 1 is 1.20 bits per heavy atom. The van der Waals surface area contributed by atoms with Gasteiger partial charge in [-0.05, 0) is 24.6 Å². The molecule has 2 aromatic carbocycles. The van der Waals surface area contributed by atoms with E-state index < -0.39 is 0 Å². The van der Waals surface area contributed by atoms with E-state index in [9.17, 15) is 4.79 Å². The molecule has 0 N–H and O–H groups in total. The fourth-order valence-corrected chi connectivity index (χ4v) is 3.04. The fourth-order valence-electron chi connectivity index (χ4n) is 2.07. The first-order chi connectivity index (χ1) is 12.0. The molecule has 3 aromatic rings. The van der Waals surface area contributed by atoms with Crippen molar-refractivity contribution < 1.29 is 4.79 Å². The number of aryl methyl sites for hydroxylation is 1. The van der Waals surface area contributed by atoms with Gasteiger partial charge in [0.2, 0.25) is 4.80 Å². The van der Waals surface area contributed by atoms with Crippen LogP contribution in [0.1, 0.15) is 27.9 Å². The highest BCUT2D eigenvalue weighted by atomic mass is 35.5. The van der Waals surface area contributed by atoms with Crippen LogP contribution in [0.2, 0.25) is 5.02 Å². The lowest BCUT2D eigenvalue weighted by molar-refractivity contribution is 0.101. The van der Waals surface area contributed by atoms with Gasteiger partial charge >= 0.3 is 0 Å². The summed E-state index contributed by atoms with van der Waals surface area (Å²) in [5, 5.41) is 13.5. The largest absolute Gasteiger partial charge is 0.292 e. The second kappa shape index (κ2) is 7.55. The predicted molar refractivity (Wildman–Crippen MR) is 101 cm³/mol. The van der Waals surface area contributed by atoms with Crippen LogP contribution in [0, 0.1) is 6.92 Å². The first-order valence-corrected chi connectivity index (χ1v) is 8.74. The number of ketones is 1. The van der Waals surface area contributed by atoms with Crippen molar-refractivity contribution in [3.8, 4) is 5.69 Å². The van der Waals surface area contributed by atoms with Gasteiger partial charge in [0.25, 0.3) is 0 Å². The fraction of sp³-hybridized carbons (Fsp3) is 0.111. The summed E-state index contributed by atoms with van der Waals surface area (Å²) in [7, 11) is 0. The average molecular weight is 371 g/mol. The minimum atomic E-state index is -0.130. The summed E-state index contributed by atoms with van der Waals surface area (Å²) in [4.78, 5) is 12.1. The number of rotatable bonds is 4. The summed E-state index contributed by atoms with van der Waals surface area (Å²) in [5.41, 5.74) is 2.77. The SMILES string of the molecule is CC(=O)c1nn(-c2ccccc2Cl)c(=NN=Cc2ccc(C)cc2)s1. The summed E-state index contributed by atoms with van der Waals surface area (Å²) in [6.07, 6.45) is 1.66. The Morgan fingerprint density at radius 3 is 2.60 bits per heavy atom. The summed E-state index contributed by atoms with van der Waals surface area (Å²) in [6, 6.07) is 15.2. The van der Waals surface area contributed by atoms with Crippen LogP contribution >= 0.6 is 22.9 Å². The molecule has 0 saturated carbocycles. The van der Waals surface area contributed by atoms with Gasteiger partial charge in [-0.2, -0.15) is 10.2 Å². The lowest BCUT2D eigenvalue weighted by atomic mass is 10.2. The highest BCUT2D eigenvalue weighted by Crippen LogP contribution is 2.18. The number of halogens is 1. The van der Waals surface area contributed by atoms with E-state index in [1.54, 1.807) is 12.3 Å². The summed E-state index contributed by atoms with van der Waals surface area (Å²) in [6.45, 7) is 3.49. The summed E-state index contributed by atoms with van der Waals surface area (Å²) < 4.78 is 1.54. The van der Waals surface area contributed by atoms with E-state index in [4.69, 9.17) is 11.6 Å². The molecule has 7 heteroatoms. The zero-order valence-electron chi connectivity index (χ0n) is 13.7. The number of carbonyl (C=O) groups is 1. The standard InChI is InChI=1S/C18H15ClN4OS/c1-12-7-9-14(10-8-12)11-20-21-18-23(22-17(25-18)13(2)24)16-6-4-3-5-15(16)19/h3-11H,1-2H3. The van der Waals surface area contributed by atoms with Crippen molar-refractivity contribution in [2.45, 2.75) is 13.8 Å². The van der Waals surface area contributed by atoms with Crippen molar-refractivity contribution in [3.05, 3.63) is 74.5 Å². The number of Topliss-reactive ketones (excluding diaryl/α,β-unsaturated/α-hetero) is 1. The third-order valence-corrected chi connectivity index (χ3v) is 4.69. The van der Waals surface area contributed by atoms with E-state index in [0.29, 0.717) is 20.5 Å². The highest BCUT2D eigenvalue weighted by Gasteiger charge is 2.12. The van der Waals surface area contributed by atoms with Crippen molar-refractivity contribution in [1.29, 1.82) is 0 Å². The predicted octanol–water partition coefficient (Wildman–Crippen LogP) is 4.03. The quantitative estimate of drug-likeness (QED) is 0.395. The van der Waals surface area contributed by atoms with Crippen molar-refractivity contribution in [2.24, 2.45) is 10.2 Å². The van der Waals surface area contributed by atoms with E-state index in [1.807, 2.05) is 49.4 Å². The smallest absolute Gasteiger partial charge is 0.233 e. The maximum absolute atomic E-state index is 11.7. The number of aromatic nitrogens is 2. The van der Waals surface area contributed by atoms with Gasteiger partial charge in [0.15, 0.2) is 10.8 Å². The lowest BCUT2D eigenvalue weighted by Crippen LogP contribution is -2.14. The topological polar surface area (TPSA) is 59.6 Å². The average Bonchev–Trinajstić information content (AvgIpc) is 3.01. The van der Waals surface area contributed by atoms with Crippen molar-refractivity contribution in [3.63, 3.8) is 0 Å². The summed E-state index contributed by atoms with van der Waals surface area (Å²) >= 11 is 7.42. The molecule has 0 fully saturated rings. The molecule has 5 nitrogen and oxygen atoms in total. The molecule has 0 saturated heterocycles. The molecule has 0 aliphatic rings. The van der Waals surface area contributed by atoms with Crippen molar-refractivity contribution >= 4 is 34.9 Å². The molecule has 0 bridgehead atoms. The lowest BCUT2D eigenvalue weighted by Gasteiger charge is -2.02. The number of hydrogen-bond donors (Lipinski definition) is 0. The van der Waals surface area contributed by atoms with Gasteiger partial charge in [0.05, 0.1) is 16.9 Å². The second-order valence-corrected chi connectivity index (χ2v) is 6.73. The van der Waals surface area contributed by atoms with E-state index >= 15 is 0 Å². The molecule has 0 spiro atoms. The summed E-state index contributed by atoms with van der Waals surface area (Å²) in [5.74, 6) is -0.130. The normalized spacial score (nSPS) is 12.0. The monoisotopic (exact) mass is 370 g/mol. The molecule has 1 heterocycles. The Bertz CT molecular complexity index is 1000. The Kier molecular flexibility index (Phi) is 5.21. The van der Waals surface area contributed by atoms with Gasteiger partial charge in [0.1, 0.15) is 0 Å². The minimum Gasteiger partial charge on any atom is -0.292 e. The van der Waals surface area contributed by atoms with E-state index in [-0.39, 0.29) is 5.78 Å². The molecule has 0 unspecified atom stereocenters. The molecule has 0 atom stereocenters. The zero-order chi connectivity index (χ0) is 17.8. The molecule has 1 aromatic heterocycles. The van der Waals surface area contributed by atoms with Crippen LogP contribution in [-0.2, 0) is 0 Å². The molecule has 0 radical (unpaired) electrons. The molecule has 0 aliphatic heterocycles. The maximum atomic E-state index is 11.7. The van der Waals surface area contributed by atoms with Crippen LogP contribution in [0.4, 0.5) is 0 Å². The molecule has 0 amide bonds. The van der Waals surface area contributed by atoms with Crippen LogP contribution < -0.4 is 4.80 Å². The zero-order valence-corrected chi connectivity index (χ0v) is 15.3. The first-order valence-electron chi connectivity index (χ1n) is 7.54. The van der Waals surface area contributed by atoms with Crippen LogP contribution in [0.25, 0.3) is 5.69 Å². The van der Waals surface area contributed by atoms with Crippen LogP contribution in [0.3, 0.4) is 0 Å². The third kappa shape index (κ3) is 4.10. The van der Waals surface area contributed by atoms with Gasteiger partial charge in [-0.15, -0.1) is 5.10 Å². The minimum absolute atomic E-state index is 0.130. The van der Waals surface area contributed by atoms with Gasteiger partial charge in [-0.1, -0.05) is 64.9 Å². The van der Waals surface area contributed by atoms with Crippen molar-refractivity contribution in [1.82, 2.24) is 9.78 Å². The van der Waals surface area contributed by atoms with Gasteiger partial charge in [-0.25, -0.2) is 4.68 Å². The van der Waals surface area contributed by atoms with Crippen LogP contribution in [0.15, 0.2) is 58.7 Å². The molecule has 25 heavy (non-hydrogen) atoms. The Labute approximate surface area is 153 Å². The van der Waals surface area contributed by atoms with Gasteiger partial charge < -0.3 is 0 Å². The Hall–Kier alpha value is -2.57. The number of nitrogens with zero attached hydrogens (tertiary/aromatic N) is 4. The molecule has 126 valence electrons. The number of para-hydroxylation sites is 1. The third-order valence-electron chi connectivity index (χ3n) is 3.37. The molecular formula is C18H15ClN4OS. The van der Waals surface area contributed by atoms with E-state index in [1.165, 1.54) is 28.5 Å². The van der Waals surface area contributed by atoms with E-state index in [2.05, 4.69) is 15.3 Å². The number of benzene rings is 2. The van der Waals surface area contributed by atoms with Crippen LogP contribution in [0.5, 0.6) is 0 Å². The van der Waals surface area contributed by atoms with Crippen molar-refractivity contribution in [2.75, 3.05) is 0 Å². The first kappa shape index (κ1) is 17.3. The van der Waals surface area contributed by atoms with Gasteiger partial charge in [0, 0.05) is 6.92 Å². The Balaban J connectivity index is 2.04. The van der Waals surface area contributed by atoms with E-state index in [0.717, 1.165) is 5.56 Å². The van der Waals surface area contributed by atoms with Crippen LogP contribution in [-0.4, -0.2) is 21.8 Å². The molecule has 3 rings (SSSR count). The molecular weight excluding hydrogens is 356 g/mol. The highest BCUT2D eigenvalue weighted by molar-refractivity contribution is 7.11. The second-order valence-electron chi connectivity index (χ2n) is 5.36. The number of carbonyl (C=O) groups excluding carboxylic acids is 1. The van der Waals surface area contributed by atoms with Gasteiger partial charge in [-0.3, -0.25) is 4.79 Å². The molecule has 0 aliphatic carbocycles. The maximum Gasteiger partial charge on any atom is 0.233 e. The number of hydrogen-bond acceptors (Lipinski definition) is 5. The Morgan fingerprint density at radius 2 is 1.92 bits per heavy atom.